The minimum Gasteiger partial charge on any atom is -0.315 e. The molecule has 2 aliphatic carbocycles. The van der Waals surface area contributed by atoms with Crippen LogP contribution in [-0.2, 0) is 85.8 Å². The minimum atomic E-state index is -3.76. The van der Waals surface area contributed by atoms with Crippen LogP contribution in [0.1, 0.15) is 327 Å². The summed E-state index contributed by atoms with van der Waals surface area (Å²) in [5, 5.41) is 25.6. The number of nitrogens with one attached hydrogen (secondary N) is 16. The van der Waals surface area contributed by atoms with Gasteiger partial charge in [-0.1, -0.05) is 193 Å². The van der Waals surface area contributed by atoms with E-state index in [0.717, 1.165) is 84.1 Å². The van der Waals surface area contributed by atoms with Gasteiger partial charge in [-0.05, 0) is 304 Å². The van der Waals surface area contributed by atoms with E-state index in [9.17, 15) is 88.1 Å². The summed E-state index contributed by atoms with van der Waals surface area (Å²) >= 11 is 6.21. The standard InChI is InChI=1S/C18H28FN3O3S.C18H29N3O3S.C17H26ClN3O3S.C17H26FN3O3S.C17H23N3O3S.C17H27N3O3S/c1-11(2)15-8-13(19)9-16(12(3)4)17(15)20-18(23)21-26(24,25)14-6-7-22(5)10-14;1-12(2)15-7-6-8-16(13(3)4)17(15)19-18(22)20-25(23,24)14-9-10-21(5)11-14;2*1-10(2)14-7-12(18)8-15(11(3)4)16(14)20-17(22)21-25(23,24)13-5-6-19-9-13;21-17(20-24(22,23)13-7-8-18-10-13)19-16-14-5-1-3-11(14)9-12-4-2-6-15(12)16;1-11(2)14-6-5-7-15(12(3)4)16(14)19-17(21)20-24(22,23)13-8-9-18-10-13/h8-9,11-12,14H,6-7,10H2,1-5H3,(H2,20,21,23);6-8,12-14H,9-11H2,1-5H3,(H2,19,20,22);2*7-8,10-11,13,19H,5-6,9H2,1-4H3,(H2,20,21,22);9,13,18H,1-8,10H2,(H2,19,20,21);5-7,11-13,18H,8-10H2,1-4H3,(H2,19,20,21). The Bertz CT molecular complexity index is 6150. The van der Waals surface area contributed by atoms with Gasteiger partial charge >= 0.3 is 36.2 Å². The van der Waals surface area contributed by atoms with Gasteiger partial charge in [-0.25, -0.2) is 116 Å². The summed E-state index contributed by atoms with van der Waals surface area (Å²) in [5.74, 6) is 0.264. The fourth-order valence-electron chi connectivity index (χ4n) is 19.4. The SMILES string of the molecule is CC(C)c1cc(Cl)cc(C(C)C)c1NC(=O)NS(=O)(=O)C1CCNC1.CC(C)c1cc(F)cc(C(C)C)c1NC(=O)NS(=O)(=O)C1CCN(C)C1.CC(C)c1cc(F)cc(C(C)C)c1NC(=O)NS(=O)(=O)C1CCNC1.CC(C)c1cccc(C(C)C)c1NC(=O)NS(=O)(=O)C1CCN(C)C1.CC(C)c1cccc(C(C)C)c1NC(=O)NS(=O)(=O)C1CCNC1.O=C(Nc1c2c(cc3c1CCC3)CCC2)NS(=O)(=O)C1CCNC1. The predicted octanol–water partition coefficient (Wildman–Crippen LogP) is 16.8. The van der Waals surface area contributed by atoms with Gasteiger partial charge in [-0.3, -0.25) is 0 Å². The average Bonchev–Trinajstić information content (AvgIpc) is 1.62. The van der Waals surface area contributed by atoms with Crippen LogP contribution in [-0.4, -0.2) is 221 Å². The normalized spacial score (nSPS) is 18.9. The topological polar surface area (TPSA) is 506 Å². The average molecular weight is 2220 g/mol. The lowest BCUT2D eigenvalue weighted by Gasteiger charge is -2.21. The molecule has 45 heteroatoms. The highest BCUT2D eigenvalue weighted by Gasteiger charge is 2.40. The highest BCUT2D eigenvalue weighted by atomic mass is 35.5. The predicted molar refractivity (Wildman–Crippen MR) is 592 cm³/mol. The molecule has 0 spiro atoms. The number of sulfonamides is 6. The van der Waals surface area contributed by atoms with E-state index in [1.807, 2.05) is 211 Å². The van der Waals surface area contributed by atoms with E-state index in [0.29, 0.717) is 166 Å². The number of carbonyl (C=O) groups is 6. The Morgan fingerprint density at radius 1 is 0.295 bits per heavy atom. The van der Waals surface area contributed by atoms with Gasteiger partial charge in [0.05, 0.1) is 31.5 Å². The molecule has 6 aliphatic heterocycles. The Balaban J connectivity index is 0.000000199. The van der Waals surface area contributed by atoms with Crippen molar-refractivity contribution < 1.29 is 88.1 Å². The summed E-state index contributed by atoms with van der Waals surface area (Å²) in [7, 11) is -18.5. The molecule has 0 radical (unpaired) electrons. The van der Waals surface area contributed by atoms with E-state index in [1.165, 1.54) is 46.5 Å². The van der Waals surface area contributed by atoms with Gasteiger partial charge in [-0.2, -0.15) is 0 Å². The zero-order valence-electron chi connectivity index (χ0n) is 90.0. The monoisotopic (exact) mass is 2210 g/mol. The largest absolute Gasteiger partial charge is 0.332 e. The summed E-state index contributed by atoms with van der Waals surface area (Å²) in [4.78, 5) is 78.0. The molecule has 6 saturated heterocycles. The zero-order valence-corrected chi connectivity index (χ0v) is 95.7. The molecule has 149 heavy (non-hydrogen) atoms. The van der Waals surface area contributed by atoms with Crippen LogP contribution in [0.25, 0.3) is 0 Å². The second-order valence-corrected chi connectivity index (χ2v) is 54.9. The first-order valence-electron chi connectivity index (χ1n) is 51.7. The van der Waals surface area contributed by atoms with Crippen molar-refractivity contribution in [2.24, 2.45) is 0 Å². The van der Waals surface area contributed by atoms with Crippen molar-refractivity contribution >= 4 is 142 Å². The second kappa shape index (κ2) is 53.9. The minimum absolute atomic E-state index is 0.0286. The number of urea groups is 6. The Hall–Kier alpha value is -9.45. The Morgan fingerprint density at radius 3 is 0.705 bits per heavy atom. The van der Waals surface area contributed by atoms with Gasteiger partial charge in [0.2, 0.25) is 60.1 Å². The molecule has 6 aromatic rings. The molecule has 14 rings (SSSR count). The van der Waals surface area contributed by atoms with Crippen molar-refractivity contribution in [3.8, 4) is 0 Å². The van der Waals surface area contributed by atoms with Crippen LogP contribution < -0.4 is 81.5 Å². The third kappa shape index (κ3) is 34.3. The fourth-order valence-corrected chi connectivity index (χ4v) is 27.3. The molecule has 0 saturated carbocycles. The fraction of sp³-hybridized carbons (Fsp3) is 0.596. The molecule has 36 nitrogen and oxygen atoms in total. The molecule has 6 heterocycles. The number of amides is 12. The third-order valence-corrected chi connectivity index (χ3v) is 38.4. The molecule has 6 unspecified atom stereocenters. The van der Waals surface area contributed by atoms with Crippen LogP contribution in [0.5, 0.6) is 0 Å². The molecular weight excluding hydrogens is 2060 g/mol. The van der Waals surface area contributed by atoms with Gasteiger partial charge in [-0.15, -0.1) is 0 Å². The van der Waals surface area contributed by atoms with E-state index in [1.54, 1.807) is 0 Å². The summed E-state index contributed by atoms with van der Waals surface area (Å²) < 4.78 is 189. The first-order valence-corrected chi connectivity index (χ1v) is 61.4. The number of halogens is 3. The molecule has 16 N–H and O–H groups in total. The van der Waals surface area contributed by atoms with E-state index in [-0.39, 0.29) is 70.8 Å². The maximum absolute atomic E-state index is 13.9. The van der Waals surface area contributed by atoms with Gasteiger partial charge in [0, 0.05) is 78.4 Å². The molecule has 0 aromatic heterocycles. The Kier molecular flexibility index (Phi) is 44.5. The highest BCUT2D eigenvalue weighted by molar-refractivity contribution is 7.92. The van der Waals surface area contributed by atoms with Gasteiger partial charge in [0.1, 0.15) is 11.6 Å². The number of aryl methyl sites for hydroxylation is 2. The summed E-state index contributed by atoms with van der Waals surface area (Å²) in [6, 6.07) is 18.8. The lowest BCUT2D eigenvalue weighted by atomic mass is 9.92. The quantitative estimate of drug-likeness (QED) is 0.0217. The van der Waals surface area contributed by atoms with Crippen molar-refractivity contribution in [1.82, 2.24) is 59.4 Å². The van der Waals surface area contributed by atoms with Crippen molar-refractivity contribution in [1.29, 1.82) is 0 Å². The number of fused-ring (bicyclic) bond motifs is 2. The number of rotatable bonds is 28. The highest BCUT2D eigenvalue weighted by Crippen LogP contribution is 2.43. The van der Waals surface area contributed by atoms with Crippen LogP contribution in [0.2, 0.25) is 5.02 Å². The number of hydrogen-bond acceptors (Lipinski definition) is 24. The van der Waals surface area contributed by atoms with E-state index in [2.05, 4.69) is 87.6 Å². The number of nitrogens with zero attached hydrogens (tertiary/aromatic N) is 2. The van der Waals surface area contributed by atoms with Crippen molar-refractivity contribution in [2.75, 3.05) is 125 Å². The molecule has 12 amide bonds. The first kappa shape index (κ1) is 123. The Labute approximate surface area is 887 Å². The van der Waals surface area contributed by atoms with Gasteiger partial charge in [0.25, 0.3) is 0 Å². The molecule has 8 aliphatic rings. The first-order chi connectivity index (χ1) is 69.6. The lowest BCUT2D eigenvalue weighted by molar-refractivity contribution is 0.255. The van der Waals surface area contributed by atoms with E-state index >= 15 is 0 Å². The van der Waals surface area contributed by atoms with Crippen molar-refractivity contribution in [3.63, 3.8) is 0 Å². The number of para-hydroxylation sites is 2. The van der Waals surface area contributed by atoms with Crippen molar-refractivity contribution in [3.05, 3.63) is 173 Å². The summed E-state index contributed by atoms with van der Waals surface area (Å²) in [5.41, 5.74) is 17.2. The smallest absolute Gasteiger partial charge is 0.315 e. The van der Waals surface area contributed by atoms with Crippen molar-refractivity contribution in [2.45, 2.75) is 306 Å². The van der Waals surface area contributed by atoms with Crippen LogP contribution >= 0.6 is 11.6 Å². The number of likely N-dealkylation sites (tertiary alicyclic amines) is 2. The van der Waals surface area contributed by atoms with Crippen LogP contribution in [0.4, 0.5) is 71.7 Å². The van der Waals surface area contributed by atoms with Gasteiger partial charge < -0.3 is 63.0 Å². The van der Waals surface area contributed by atoms with E-state index < -0.39 is 128 Å². The Morgan fingerprint density at radius 2 is 0.503 bits per heavy atom. The maximum atomic E-state index is 13.9. The van der Waals surface area contributed by atoms with Crippen LogP contribution in [0.15, 0.2) is 78.9 Å². The summed E-state index contributed by atoms with van der Waals surface area (Å²) in [6.07, 6.45) is 9.25. The molecule has 6 fully saturated rings. The maximum Gasteiger partial charge on any atom is 0.332 e. The zero-order chi connectivity index (χ0) is 111. The molecule has 6 aromatic carbocycles. The van der Waals surface area contributed by atoms with Gasteiger partial charge in [0.15, 0.2) is 0 Å². The summed E-state index contributed by atoms with van der Waals surface area (Å²) in [6.45, 7) is 45.8. The second-order valence-electron chi connectivity index (χ2n) is 42.7. The molecule has 0 bridgehead atoms. The third-order valence-electron chi connectivity index (χ3n) is 27.7. The molecule has 6 atom stereocenters. The number of benzene rings is 6. The number of anilines is 6. The number of carbonyl (C=O) groups excluding carboxylic acids is 6. The van der Waals surface area contributed by atoms with E-state index in [4.69, 9.17) is 11.6 Å². The van der Waals surface area contributed by atoms with Crippen LogP contribution in [0, 0.1) is 11.6 Å². The lowest BCUT2D eigenvalue weighted by Crippen LogP contribution is -2.41. The van der Waals surface area contributed by atoms with Crippen LogP contribution in [0.3, 0.4) is 0 Å². The number of hydrogen-bond donors (Lipinski definition) is 16. The molecule has 830 valence electrons. The molecular formula is C104H159ClF2N18O18S6.